The number of nitrogens with zero attached hydrogens (tertiary/aromatic N) is 3. The number of fused-ring (bicyclic) bond motifs is 1. The van der Waals surface area contributed by atoms with Crippen LogP contribution in [0.15, 0.2) is 42.7 Å². The first kappa shape index (κ1) is 15.8. The molecular weight excluding hydrogens is 314 g/mol. The summed E-state index contributed by atoms with van der Waals surface area (Å²) in [5.74, 6) is -0.198. The van der Waals surface area contributed by atoms with Gasteiger partial charge in [0.05, 0.1) is 17.2 Å². The minimum absolute atomic E-state index is 0.198. The topological polar surface area (TPSA) is 71.8 Å². The number of rotatable bonds is 3. The molecule has 6 nitrogen and oxygen atoms in total. The molecule has 1 saturated heterocycles. The molecule has 25 heavy (non-hydrogen) atoms. The SMILES string of the molecule is Cc1ccc(NC(=O)c2ccn(C3CCCNC3)n2)c2cccnc12. The maximum Gasteiger partial charge on any atom is 0.276 e. The van der Waals surface area contributed by atoms with Gasteiger partial charge in [-0.1, -0.05) is 6.07 Å². The average Bonchev–Trinajstić information content (AvgIpc) is 3.15. The largest absolute Gasteiger partial charge is 0.320 e. The summed E-state index contributed by atoms with van der Waals surface area (Å²) < 4.78 is 1.90. The molecule has 2 aromatic heterocycles. The number of benzene rings is 1. The minimum atomic E-state index is -0.198. The number of aromatic nitrogens is 3. The second-order valence-corrected chi connectivity index (χ2v) is 6.46. The summed E-state index contributed by atoms with van der Waals surface area (Å²) in [6.07, 6.45) is 5.88. The van der Waals surface area contributed by atoms with Gasteiger partial charge in [0, 0.05) is 24.3 Å². The van der Waals surface area contributed by atoms with Crippen LogP contribution in [0.5, 0.6) is 0 Å². The summed E-state index contributed by atoms with van der Waals surface area (Å²) in [6.45, 7) is 3.97. The molecule has 3 heterocycles. The van der Waals surface area contributed by atoms with Crippen LogP contribution in [-0.2, 0) is 0 Å². The lowest BCUT2D eigenvalue weighted by Crippen LogP contribution is -2.32. The van der Waals surface area contributed by atoms with Crippen LogP contribution in [0.25, 0.3) is 10.9 Å². The number of anilines is 1. The van der Waals surface area contributed by atoms with Crippen molar-refractivity contribution in [1.82, 2.24) is 20.1 Å². The highest BCUT2D eigenvalue weighted by Gasteiger charge is 2.18. The maximum atomic E-state index is 12.6. The van der Waals surface area contributed by atoms with Gasteiger partial charge in [0.1, 0.15) is 0 Å². The number of hydrogen-bond acceptors (Lipinski definition) is 4. The van der Waals surface area contributed by atoms with E-state index in [2.05, 4.69) is 20.7 Å². The summed E-state index contributed by atoms with van der Waals surface area (Å²) in [6, 6.07) is 9.83. The Labute approximate surface area is 146 Å². The molecule has 2 N–H and O–H groups in total. The zero-order valence-corrected chi connectivity index (χ0v) is 14.2. The van der Waals surface area contributed by atoms with E-state index >= 15 is 0 Å². The van der Waals surface area contributed by atoms with Crippen LogP contribution >= 0.6 is 0 Å². The van der Waals surface area contributed by atoms with Gasteiger partial charge < -0.3 is 10.6 Å². The van der Waals surface area contributed by atoms with E-state index in [4.69, 9.17) is 0 Å². The average molecular weight is 335 g/mol. The predicted octanol–water partition coefficient (Wildman–Crippen LogP) is 2.92. The smallest absolute Gasteiger partial charge is 0.276 e. The molecule has 0 aliphatic carbocycles. The van der Waals surface area contributed by atoms with Crippen LogP contribution in [0.2, 0.25) is 0 Å². The van der Waals surface area contributed by atoms with E-state index in [1.165, 1.54) is 0 Å². The van der Waals surface area contributed by atoms with Crippen molar-refractivity contribution in [2.45, 2.75) is 25.8 Å². The Morgan fingerprint density at radius 3 is 3.08 bits per heavy atom. The van der Waals surface area contributed by atoms with Gasteiger partial charge in [-0.2, -0.15) is 5.10 Å². The molecule has 0 radical (unpaired) electrons. The predicted molar refractivity (Wildman–Crippen MR) is 97.8 cm³/mol. The monoisotopic (exact) mass is 335 g/mol. The van der Waals surface area contributed by atoms with Gasteiger partial charge in [-0.15, -0.1) is 0 Å². The van der Waals surface area contributed by atoms with Gasteiger partial charge in [-0.3, -0.25) is 14.5 Å². The molecule has 0 bridgehead atoms. The molecule has 0 saturated carbocycles. The van der Waals surface area contributed by atoms with Crippen LogP contribution in [-0.4, -0.2) is 33.8 Å². The summed E-state index contributed by atoms with van der Waals surface area (Å²) in [7, 11) is 0. The van der Waals surface area contributed by atoms with Crippen LogP contribution in [0.1, 0.15) is 34.9 Å². The van der Waals surface area contributed by atoms with Gasteiger partial charge in [-0.25, -0.2) is 0 Å². The second kappa shape index (κ2) is 6.64. The number of amides is 1. The van der Waals surface area contributed by atoms with Crippen molar-refractivity contribution in [2.75, 3.05) is 18.4 Å². The van der Waals surface area contributed by atoms with Gasteiger partial charge in [0.15, 0.2) is 5.69 Å². The highest BCUT2D eigenvalue weighted by atomic mass is 16.1. The number of nitrogens with one attached hydrogen (secondary N) is 2. The van der Waals surface area contributed by atoms with Crippen molar-refractivity contribution >= 4 is 22.5 Å². The summed E-state index contributed by atoms with van der Waals surface area (Å²) in [4.78, 5) is 17.0. The van der Waals surface area contributed by atoms with Crippen LogP contribution in [0.4, 0.5) is 5.69 Å². The van der Waals surface area contributed by atoms with Crippen molar-refractivity contribution in [3.63, 3.8) is 0 Å². The lowest BCUT2D eigenvalue weighted by molar-refractivity contribution is 0.102. The summed E-state index contributed by atoms with van der Waals surface area (Å²) in [5.41, 5.74) is 3.18. The first-order valence-corrected chi connectivity index (χ1v) is 8.64. The Morgan fingerprint density at radius 1 is 1.32 bits per heavy atom. The normalized spacial score (nSPS) is 17.6. The fourth-order valence-corrected chi connectivity index (χ4v) is 3.33. The number of carbonyl (C=O) groups excluding carboxylic acids is 1. The number of carbonyl (C=O) groups is 1. The molecule has 3 aromatic rings. The Kier molecular flexibility index (Phi) is 4.19. The third kappa shape index (κ3) is 3.13. The molecule has 1 amide bonds. The third-order valence-electron chi connectivity index (χ3n) is 4.71. The molecule has 1 aromatic carbocycles. The number of pyridine rings is 1. The molecule has 1 atom stereocenters. The van der Waals surface area contributed by atoms with Crippen molar-refractivity contribution in [1.29, 1.82) is 0 Å². The standard InChI is InChI=1S/C19H21N5O/c1-13-6-7-16(15-5-3-10-21-18(13)15)22-19(25)17-8-11-24(23-17)14-4-2-9-20-12-14/h3,5-8,10-11,14,20H,2,4,9,12H2,1H3,(H,22,25). The van der Waals surface area contributed by atoms with Gasteiger partial charge in [0.25, 0.3) is 5.91 Å². The Hall–Kier alpha value is -2.73. The second-order valence-electron chi connectivity index (χ2n) is 6.46. The molecule has 1 unspecified atom stereocenters. The number of piperidine rings is 1. The molecular formula is C19H21N5O. The van der Waals surface area contributed by atoms with Crippen molar-refractivity contribution in [3.05, 3.63) is 54.0 Å². The first-order chi connectivity index (χ1) is 12.2. The first-order valence-electron chi connectivity index (χ1n) is 8.64. The highest BCUT2D eigenvalue weighted by molar-refractivity contribution is 6.08. The summed E-state index contributed by atoms with van der Waals surface area (Å²) >= 11 is 0. The molecule has 6 heteroatoms. The minimum Gasteiger partial charge on any atom is -0.320 e. The summed E-state index contributed by atoms with van der Waals surface area (Å²) in [5, 5.41) is 11.8. The van der Waals surface area contributed by atoms with Crippen molar-refractivity contribution in [3.8, 4) is 0 Å². The van der Waals surface area contributed by atoms with E-state index < -0.39 is 0 Å². The number of hydrogen-bond donors (Lipinski definition) is 2. The molecule has 4 rings (SSSR count). The maximum absolute atomic E-state index is 12.6. The third-order valence-corrected chi connectivity index (χ3v) is 4.71. The van der Waals surface area contributed by atoms with Crippen LogP contribution < -0.4 is 10.6 Å². The molecule has 1 fully saturated rings. The van der Waals surface area contributed by atoms with Crippen LogP contribution in [0.3, 0.4) is 0 Å². The van der Waals surface area contributed by atoms with Crippen molar-refractivity contribution < 1.29 is 4.79 Å². The molecule has 1 aliphatic heterocycles. The fourth-order valence-electron chi connectivity index (χ4n) is 3.33. The number of aryl methyl sites for hydroxylation is 1. The Morgan fingerprint density at radius 2 is 2.24 bits per heavy atom. The lowest BCUT2D eigenvalue weighted by Gasteiger charge is -2.22. The van der Waals surface area contributed by atoms with E-state index in [1.54, 1.807) is 12.3 Å². The van der Waals surface area contributed by atoms with E-state index in [1.807, 2.05) is 42.1 Å². The molecule has 128 valence electrons. The lowest BCUT2D eigenvalue weighted by atomic mass is 10.1. The Bertz CT molecular complexity index is 911. The van der Waals surface area contributed by atoms with Gasteiger partial charge >= 0.3 is 0 Å². The van der Waals surface area contributed by atoms with E-state index in [9.17, 15) is 4.79 Å². The zero-order chi connectivity index (χ0) is 17.2. The Balaban J connectivity index is 1.57. The quantitative estimate of drug-likeness (QED) is 0.772. The van der Waals surface area contributed by atoms with Crippen LogP contribution in [0, 0.1) is 6.92 Å². The highest BCUT2D eigenvalue weighted by Crippen LogP contribution is 2.25. The molecule has 0 spiro atoms. The van der Waals surface area contributed by atoms with E-state index in [0.29, 0.717) is 11.7 Å². The van der Waals surface area contributed by atoms with Gasteiger partial charge in [0.2, 0.25) is 0 Å². The fraction of sp³-hybridized carbons (Fsp3) is 0.316. The van der Waals surface area contributed by atoms with Gasteiger partial charge in [-0.05, 0) is 56.1 Å². The zero-order valence-electron chi connectivity index (χ0n) is 14.2. The van der Waals surface area contributed by atoms with E-state index in [-0.39, 0.29) is 5.91 Å². The molecule has 1 aliphatic rings. The van der Waals surface area contributed by atoms with Crippen molar-refractivity contribution in [2.24, 2.45) is 0 Å². The van der Waals surface area contributed by atoms with E-state index in [0.717, 1.165) is 48.1 Å².